The fraction of sp³-hybridized carbons (Fsp3) is 0.308. The second-order valence-electron chi connectivity index (χ2n) is 3.76. The monoisotopic (exact) mass is 265 g/mol. The Morgan fingerprint density at radius 3 is 2.68 bits per heavy atom. The van der Waals surface area contributed by atoms with Gasteiger partial charge in [0.1, 0.15) is 5.75 Å². The van der Waals surface area contributed by atoms with Gasteiger partial charge in [0.15, 0.2) is 6.10 Å². The van der Waals surface area contributed by atoms with Crippen LogP contribution in [-0.2, 0) is 9.53 Å². The molecule has 0 bridgehead atoms. The minimum Gasteiger partial charge on any atom is -0.478 e. The third kappa shape index (κ3) is 3.80. The van der Waals surface area contributed by atoms with E-state index in [1.807, 2.05) is 0 Å². The largest absolute Gasteiger partial charge is 0.478 e. The number of esters is 1. The Morgan fingerprint density at radius 1 is 1.47 bits per heavy atom. The van der Waals surface area contributed by atoms with Crippen LogP contribution in [0.5, 0.6) is 5.75 Å². The molecule has 0 radical (unpaired) electrons. The number of ether oxygens (including phenoxy) is 2. The Labute approximate surface area is 110 Å². The molecule has 102 valence electrons. The van der Waals surface area contributed by atoms with Gasteiger partial charge in [0.05, 0.1) is 12.0 Å². The number of nitro benzene ring substituents is 1. The van der Waals surface area contributed by atoms with Gasteiger partial charge in [-0.05, 0) is 19.9 Å². The fourth-order valence-electron chi connectivity index (χ4n) is 1.47. The van der Waals surface area contributed by atoms with Gasteiger partial charge in [-0.2, -0.15) is 0 Å². The number of hydrogen-bond donors (Lipinski definition) is 0. The van der Waals surface area contributed by atoms with Crippen LogP contribution in [0.25, 0.3) is 6.08 Å². The van der Waals surface area contributed by atoms with Crippen molar-refractivity contribution in [3.05, 3.63) is 40.0 Å². The molecule has 1 atom stereocenters. The zero-order chi connectivity index (χ0) is 14.4. The summed E-state index contributed by atoms with van der Waals surface area (Å²) in [5.41, 5.74) is 0.499. The molecule has 0 saturated carbocycles. The maximum Gasteiger partial charge on any atom is 0.346 e. The summed E-state index contributed by atoms with van der Waals surface area (Å²) in [5, 5.41) is 10.7. The van der Waals surface area contributed by atoms with E-state index in [1.54, 1.807) is 26.0 Å². The molecular weight excluding hydrogens is 250 g/mol. The van der Waals surface area contributed by atoms with Gasteiger partial charge in [0.2, 0.25) is 0 Å². The van der Waals surface area contributed by atoms with Crippen molar-refractivity contribution in [3.8, 4) is 5.75 Å². The van der Waals surface area contributed by atoms with Crippen LogP contribution in [0, 0.1) is 10.1 Å². The van der Waals surface area contributed by atoms with E-state index in [-0.39, 0.29) is 5.69 Å². The molecular formula is C13H15NO5. The average molecular weight is 265 g/mol. The molecule has 0 spiro atoms. The lowest BCUT2D eigenvalue weighted by Gasteiger charge is -2.14. The smallest absolute Gasteiger partial charge is 0.346 e. The Kier molecular flexibility index (Phi) is 5.05. The van der Waals surface area contributed by atoms with E-state index in [0.29, 0.717) is 11.3 Å². The first-order valence-electron chi connectivity index (χ1n) is 5.65. The third-order valence-corrected chi connectivity index (χ3v) is 2.39. The number of methoxy groups -OCH3 is 1. The maximum absolute atomic E-state index is 11.3. The van der Waals surface area contributed by atoms with Crippen molar-refractivity contribution in [1.82, 2.24) is 0 Å². The van der Waals surface area contributed by atoms with Gasteiger partial charge in [-0.15, -0.1) is 0 Å². The molecule has 0 heterocycles. The number of nitro groups is 1. The Morgan fingerprint density at radius 2 is 2.16 bits per heavy atom. The highest BCUT2D eigenvalue weighted by Crippen LogP contribution is 2.26. The molecule has 1 aromatic rings. The molecule has 1 rings (SSSR count). The lowest BCUT2D eigenvalue weighted by atomic mass is 10.1. The summed E-state index contributed by atoms with van der Waals surface area (Å²) in [4.78, 5) is 21.5. The minimum atomic E-state index is -0.782. The summed E-state index contributed by atoms with van der Waals surface area (Å²) in [6.07, 6.45) is 2.62. The normalized spacial score (nSPS) is 12.2. The topological polar surface area (TPSA) is 78.7 Å². The molecule has 0 aliphatic rings. The summed E-state index contributed by atoms with van der Waals surface area (Å²) in [7, 11) is 1.27. The number of carbonyl (C=O) groups is 1. The number of non-ortho nitro benzene ring substituents is 1. The Balaban J connectivity index is 3.06. The molecule has 0 aliphatic heterocycles. The van der Waals surface area contributed by atoms with Crippen LogP contribution in [-0.4, -0.2) is 24.1 Å². The average Bonchev–Trinajstić information content (AvgIpc) is 2.39. The van der Waals surface area contributed by atoms with Gasteiger partial charge in [-0.1, -0.05) is 12.2 Å². The highest BCUT2D eigenvalue weighted by Gasteiger charge is 2.17. The fourth-order valence-corrected chi connectivity index (χ4v) is 1.47. The Hall–Kier alpha value is -2.37. The predicted octanol–water partition coefficient (Wildman–Crippen LogP) is 2.57. The lowest BCUT2D eigenvalue weighted by molar-refractivity contribution is -0.384. The molecule has 0 N–H and O–H groups in total. The van der Waals surface area contributed by atoms with Gasteiger partial charge in [-0.25, -0.2) is 4.79 Å². The van der Waals surface area contributed by atoms with Gasteiger partial charge in [0.25, 0.3) is 5.69 Å². The maximum atomic E-state index is 11.3. The second-order valence-corrected chi connectivity index (χ2v) is 3.76. The number of hydrogen-bond acceptors (Lipinski definition) is 5. The molecule has 0 saturated heterocycles. The number of rotatable bonds is 5. The van der Waals surface area contributed by atoms with Crippen molar-refractivity contribution in [2.75, 3.05) is 7.11 Å². The Bertz CT molecular complexity index is 510. The highest BCUT2D eigenvalue weighted by atomic mass is 16.6. The van der Waals surface area contributed by atoms with Crippen LogP contribution in [0.1, 0.15) is 19.4 Å². The molecule has 1 unspecified atom stereocenters. The van der Waals surface area contributed by atoms with E-state index < -0.39 is 17.0 Å². The zero-order valence-electron chi connectivity index (χ0n) is 11.0. The first kappa shape index (κ1) is 14.7. The molecule has 19 heavy (non-hydrogen) atoms. The van der Waals surface area contributed by atoms with Crippen LogP contribution >= 0.6 is 0 Å². The van der Waals surface area contributed by atoms with E-state index in [1.165, 1.54) is 25.3 Å². The zero-order valence-corrected chi connectivity index (χ0v) is 11.0. The number of nitrogens with zero attached hydrogens (tertiary/aromatic N) is 1. The molecule has 0 aliphatic carbocycles. The van der Waals surface area contributed by atoms with Crippen molar-refractivity contribution in [2.24, 2.45) is 0 Å². The SMILES string of the molecule is C/C=C/c1cc([N+](=O)[O-])ccc1OC(C)C(=O)OC. The van der Waals surface area contributed by atoms with Crippen LogP contribution in [0.2, 0.25) is 0 Å². The number of carbonyl (C=O) groups excluding carboxylic acids is 1. The van der Waals surface area contributed by atoms with Gasteiger partial charge < -0.3 is 9.47 Å². The summed E-state index contributed by atoms with van der Waals surface area (Å²) < 4.78 is 9.99. The van der Waals surface area contributed by atoms with Crippen molar-refractivity contribution in [1.29, 1.82) is 0 Å². The van der Waals surface area contributed by atoms with Gasteiger partial charge in [-0.3, -0.25) is 10.1 Å². The van der Waals surface area contributed by atoms with E-state index in [2.05, 4.69) is 4.74 Å². The van der Waals surface area contributed by atoms with Crippen molar-refractivity contribution in [2.45, 2.75) is 20.0 Å². The molecule has 0 aromatic heterocycles. The van der Waals surface area contributed by atoms with Crippen molar-refractivity contribution < 1.29 is 19.2 Å². The number of benzene rings is 1. The minimum absolute atomic E-state index is 0.0360. The van der Waals surface area contributed by atoms with E-state index in [0.717, 1.165) is 0 Å². The van der Waals surface area contributed by atoms with Crippen molar-refractivity contribution >= 4 is 17.7 Å². The molecule has 1 aromatic carbocycles. The quantitative estimate of drug-likeness (QED) is 0.464. The summed E-state index contributed by atoms with van der Waals surface area (Å²) in [6, 6.07) is 4.18. The second kappa shape index (κ2) is 6.53. The van der Waals surface area contributed by atoms with E-state index in [9.17, 15) is 14.9 Å². The summed E-state index contributed by atoms with van der Waals surface area (Å²) in [6.45, 7) is 3.33. The van der Waals surface area contributed by atoms with Crippen LogP contribution in [0.15, 0.2) is 24.3 Å². The molecule has 6 heteroatoms. The first-order chi connectivity index (χ1) is 8.99. The molecule has 6 nitrogen and oxygen atoms in total. The van der Waals surface area contributed by atoms with Crippen molar-refractivity contribution in [3.63, 3.8) is 0 Å². The summed E-state index contributed by atoms with van der Waals surface area (Å²) in [5.74, 6) is -0.119. The standard InChI is InChI=1S/C13H15NO5/c1-4-5-10-8-11(14(16)17)6-7-12(10)19-9(2)13(15)18-3/h4-9H,1-3H3/b5-4+. The molecule has 0 fully saturated rings. The van der Waals surface area contributed by atoms with Crippen LogP contribution in [0.4, 0.5) is 5.69 Å². The van der Waals surface area contributed by atoms with Gasteiger partial charge >= 0.3 is 5.97 Å². The molecule has 0 amide bonds. The predicted molar refractivity (Wildman–Crippen MR) is 69.9 cm³/mol. The van der Waals surface area contributed by atoms with Gasteiger partial charge in [0, 0.05) is 17.7 Å². The number of allylic oxidation sites excluding steroid dienone is 1. The lowest BCUT2D eigenvalue weighted by Crippen LogP contribution is -2.25. The first-order valence-corrected chi connectivity index (χ1v) is 5.65. The van der Waals surface area contributed by atoms with Crippen LogP contribution in [0.3, 0.4) is 0 Å². The van der Waals surface area contributed by atoms with E-state index in [4.69, 9.17) is 4.74 Å². The van der Waals surface area contributed by atoms with E-state index >= 15 is 0 Å². The summed E-state index contributed by atoms with van der Waals surface area (Å²) >= 11 is 0. The third-order valence-electron chi connectivity index (χ3n) is 2.39. The van der Waals surface area contributed by atoms with Crippen LogP contribution < -0.4 is 4.74 Å². The highest BCUT2D eigenvalue weighted by molar-refractivity contribution is 5.74.